The van der Waals surface area contributed by atoms with Gasteiger partial charge in [0.15, 0.2) is 21.3 Å². The van der Waals surface area contributed by atoms with Crippen molar-refractivity contribution in [3.8, 4) is 11.5 Å². The van der Waals surface area contributed by atoms with Crippen molar-refractivity contribution in [3.05, 3.63) is 23.8 Å². The summed E-state index contributed by atoms with van der Waals surface area (Å²) < 4.78 is 34.2. The van der Waals surface area contributed by atoms with Gasteiger partial charge in [-0.3, -0.25) is 4.79 Å². The van der Waals surface area contributed by atoms with Crippen LogP contribution in [-0.2, 0) is 9.84 Å². The van der Waals surface area contributed by atoms with E-state index in [4.69, 9.17) is 9.47 Å². The number of sulfone groups is 1. The predicted octanol–water partition coefficient (Wildman–Crippen LogP) is 2.10. The zero-order valence-corrected chi connectivity index (χ0v) is 12.8. The largest absolute Gasteiger partial charge is 0.490 e. The maximum absolute atomic E-state index is 11.7. The molecule has 0 fully saturated rings. The Kier molecular flexibility index (Phi) is 6.01. The van der Waals surface area contributed by atoms with Gasteiger partial charge in [-0.25, -0.2) is 8.42 Å². The fourth-order valence-corrected chi connectivity index (χ4v) is 2.28. The van der Waals surface area contributed by atoms with Crippen LogP contribution in [0.3, 0.4) is 0 Å². The highest BCUT2D eigenvalue weighted by molar-refractivity contribution is 7.91. The van der Waals surface area contributed by atoms with Gasteiger partial charge in [0, 0.05) is 5.56 Å². The monoisotopic (exact) mass is 300 g/mol. The van der Waals surface area contributed by atoms with Gasteiger partial charge in [0.2, 0.25) is 0 Å². The Morgan fingerprint density at radius 3 is 2.45 bits per heavy atom. The van der Waals surface area contributed by atoms with E-state index < -0.39 is 15.1 Å². The van der Waals surface area contributed by atoms with Crippen molar-refractivity contribution in [2.45, 2.75) is 26.0 Å². The Bertz CT molecular complexity index is 549. The molecule has 0 unspecified atom stereocenters. The maximum atomic E-state index is 11.7. The average molecular weight is 300 g/mol. The highest BCUT2D eigenvalue weighted by atomic mass is 32.2. The highest BCUT2D eigenvalue weighted by Gasteiger charge is 2.16. The van der Waals surface area contributed by atoms with Crippen LogP contribution in [0.4, 0.5) is 0 Å². The van der Waals surface area contributed by atoms with Crippen molar-refractivity contribution < 1.29 is 22.7 Å². The van der Waals surface area contributed by atoms with Crippen LogP contribution in [0, 0.1) is 0 Å². The number of rotatable bonds is 8. The second kappa shape index (κ2) is 7.28. The van der Waals surface area contributed by atoms with Crippen molar-refractivity contribution in [2.75, 3.05) is 19.0 Å². The van der Waals surface area contributed by atoms with E-state index in [1.165, 1.54) is 0 Å². The molecule has 0 bridgehead atoms. The molecule has 0 atom stereocenters. The molecule has 1 aromatic carbocycles. The maximum Gasteiger partial charge on any atom is 0.161 e. The van der Waals surface area contributed by atoms with Crippen molar-refractivity contribution in [1.29, 1.82) is 0 Å². The molecule has 0 spiro atoms. The molecule has 1 aromatic rings. The van der Waals surface area contributed by atoms with Crippen LogP contribution >= 0.6 is 0 Å². The zero-order chi connectivity index (χ0) is 15.2. The van der Waals surface area contributed by atoms with E-state index in [0.717, 1.165) is 6.29 Å². The standard InChI is InChI=1S/C14H20O5S/c1-4-18-14-9-12(10-15)5-6-13(14)19-7-8-20(16,17)11(2)3/h5-6,9-11H,4,7-8H2,1-3H3. The molecular formula is C14H20O5S. The third kappa shape index (κ3) is 4.52. The van der Waals surface area contributed by atoms with Crippen LogP contribution in [0.15, 0.2) is 18.2 Å². The van der Waals surface area contributed by atoms with Gasteiger partial charge in [-0.2, -0.15) is 0 Å². The fraction of sp³-hybridized carbons (Fsp3) is 0.500. The van der Waals surface area contributed by atoms with E-state index in [9.17, 15) is 13.2 Å². The molecule has 0 saturated carbocycles. The second-order valence-electron chi connectivity index (χ2n) is 4.52. The summed E-state index contributed by atoms with van der Waals surface area (Å²) in [6, 6.07) is 4.78. The third-order valence-corrected chi connectivity index (χ3v) is 4.92. The number of hydrogen-bond acceptors (Lipinski definition) is 5. The summed E-state index contributed by atoms with van der Waals surface area (Å²) >= 11 is 0. The molecule has 0 radical (unpaired) electrons. The third-order valence-electron chi connectivity index (χ3n) is 2.75. The number of hydrogen-bond donors (Lipinski definition) is 0. The fourth-order valence-electron chi connectivity index (χ4n) is 1.49. The van der Waals surface area contributed by atoms with Crippen molar-refractivity contribution in [2.24, 2.45) is 0 Å². The van der Waals surface area contributed by atoms with Gasteiger partial charge < -0.3 is 9.47 Å². The van der Waals surface area contributed by atoms with Crippen LogP contribution in [0.5, 0.6) is 11.5 Å². The van der Waals surface area contributed by atoms with Crippen molar-refractivity contribution in [1.82, 2.24) is 0 Å². The number of ether oxygens (including phenoxy) is 2. The lowest BCUT2D eigenvalue weighted by atomic mass is 10.2. The summed E-state index contributed by atoms with van der Waals surface area (Å²) in [4.78, 5) is 10.7. The molecule has 0 N–H and O–H groups in total. The zero-order valence-electron chi connectivity index (χ0n) is 12.0. The van der Waals surface area contributed by atoms with Gasteiger partial charge in [0.25, 0.3) is 0 Å². The molecule has 1 rings (SSSR count). The van der Waals surface area contributed by atoms with Gasteiger partial charge in [-0.05, 0) is 39.0 Å². The molecule has 0 amide bonds. The Hall–Kier alpha value is -1.56. The minimum absolute atomic E-state index is 0.0499. The molecule has 0 aliphatic rings. The Labute approximate surface area is 119 Å². The number of benzene rings is 1. The van der Waals surface area contributed by atoms with E-state index >= 15 is 0 Å². The first-order valence-corrected chi connectivity index (χ1v) is 8.18. The van der Waals surface area contributed by atoms with E-state index in [-0.39, 0.29) is 12.4 Å². The van der Waals surface area contributed by atoms with Crippen LogP contribution in [0.1, 0.15) is 31.1 Å². The first kappa shape index (κ1) is 16.5. The minimum Gasteiger partial charge on any atom is -0.490 e. The van der Waals surface area contributed by atoms with Crippen LogP contribution in [0.25, 0.3) is 0 Å². The minimum atomic E-state index is -3.13. The van der Waals surface area contributed by atoms with Crippen molar-refractivity contribution in [3.63, 3.8) is 0 Å². The predicted molar refractivity (Wildman–Crippen MR) is 77.4 cm³/mol. The molecule has 0 aromatic heterocycles. The lowest BCUT2D eigenvalue weighted by Gasteiger charge is -2.13. The number of carbonyl (C=O) groups excluding carboxylic acids is 1. The van der Waals surface area contributed by atoms with E-state index in [1.54, 1.807) is 32.0 Å². The molecule has 20 heavy (non-hydrogen) atoms. The molecule has 0 aliphatic carbocycles. The first-order valence-electron chi connectivity index (χ1n) is 6.47. The van der Waals surface area contributed by atoms with Crippen LogP contribution in [-0.4, -0.2) is 38.9 Å². The summed E-state index contributed by atoms with van der Waals surface area (Å²) in [5.41, 5.74) is 0.482. The average Bonchev–Trinajstić information content (AvgIpc) is 2.40. The summed E-state index contributed by atoms with van der Waals surface area (Å²) in [5.74, 6) is 0.835. The normalized spacial score (nSPS) is 11.4. The van der Waals surface area contributed by atoms with Gasteiger partial charge in [-0.15, -0.1) is 0 Å². The molecule has 0 heterocycles. The van der Waals surface area contributed by atoms with Crippen LogP contribution in [0.2, 0.25) is 0 Å². The summed E-state index contributed by atoms with van der Waals surface area (Å²) in [5, 5.41) is -0.421. The quantitative estimate of drug-likeness (QED) is 0.688. The smallest absolute Gasteiger partial charge is 0.161 e. The summed E-state index contributed by atoms with van der Waals surface area (Å²) in [6.45, 7) is 5.59. The molecular weight excluding hydrogens is 280 g/mol. The van der Waals surface area contributed by atoms with Gasteiger partial charge >= 0.3 is 0 Å². The second-order valence-corrected chi connectivity index (χ2v) is 7.20. The molecule has 112 valence electrons. The molecule has 5 nitrogen and oxygen atoms in total. The molecule has 0 saturated heterocycles. The van der Waals surface area contributed by atoms with Gasteiger partial charge in [0.05, 0.1) is 17.6 Å². The lowest BCUT2D eigenvalue weighted by Crippen LogP contribution is -2.22. The Morgan fingerprint density at radius 2 is 1.90 bits per heavy atom. The van der Waals surface area contributed by atoms with E-state index in [0.29, 0.717) is 23.7 Å². The number of aldehydes is 1. The topological polar surface area (TPSA) is 69.7 Å². The Morgan fingerprint density at radius 1 is 1.20 bits per heavy atom. The van der Waals surface area contributed by atoms with E-state index in [1.807, 2.05) is 6.92 Å². The Balaban J connectivity index is 2.75. The SMILES string of the molecule is CCOc1cc(C=O)ccc1OCCS(=O)(=O)C(C)C. The van der Waals surface area contributed by atoms with Gasteiger partial charge in [0.1, 0.15) is 12.9 Å². The van der Waals surface area contributed by atoms with Crippen LogP contribution < -0.4 is 9.47 Å². The van der Waals surface area contributed by atoms with Gasteiger partial charge in [-0.1, -0.05) is 0 Å². The molecule has 0 aliphatic heterocycles. The van der Waals surface area contributed by atoms with Crippen molar-refractivity contribution >= 4 is 16.1 Å². The molecule has 6 heteroatoms. The lowest BCUT2D eigenvalue weighted by molar-refractivity contribution is 0.112. The summed E-state index contributed by atoms with van der Waals surface area (Å²) in [7, 11) is -3.13. The number of carbonyl (C=O) groups is 1. The highest BCUT2D eigenvalue weighted by Crippen LogP contribution is 2.28. The summed E-state index contributed by atoms with van der Waals surface area (Å²) in [6.07, 6.45) is 0.718. The first-order chi connectivity index (χ1) is 9.40. The van der Waals surface area contributed by atoms with E-state index in [2.05, 4.69) is 0 Å².